The average molecular weight is 283 g/mol. The molecule has 0 fully saturated rings. The highest BCUT2D eigenvalue weighted by Gasteiger charge is 2.15. The first kappa shape index (κ1) is 16.0. The molecule has 0 saturated heterocycles. The Bertz CT molecular complexity index is 387. The molecule has 2 N–H and O–H groups in total. The van der Waals surface area contributed by atoms with Crippen molar-refractivity contribution in [2.45, 2.75) is 32.7 Å². The SMILES string of the molecule is CCCOc1nc(N(C)C(CC)CSC)ccc1N. The van der Waals surface area contributed by atoms with Crippen molar-refractivity contribution in [2.24, 2.45) is 0 Å². The molecular weight excluding hydrogens is 258 g/mol. The molecule has 0 aliphatic rings. The topological polar surface area (TPSA) is 51.4 Å². The van der Waals surface area contributed by atoms with E-state index < -0.39 is 0 Å². The van der Waals surface area contributed by atoms with E-state index in [1.807, 2.05) is 23.9 Å². The number of thioether (sulfide) groups is 1. The zero-order valence-corrected chi connectivity index (χ0v) is 13.2. The Balaban J connectivity index is 2.87. The third-order valence-corrected chi connectivity index (χ3v) is 3.78. The van der Waals surface area contributed by atoms with E-state index in [1.54, 1.807) is 0 Å². The first-order valence-corrected chi connectivity index (χ1v) is 8.14. The summed E-state index contributed by atoms with van der Waals surface area (Å²) in [7, 11) is 2.08. The van der Waals surface area contributed by atoms with E-state index in [2.05, 4.69) is 37.0 Å². The van der Waals surface area contributed by atoms with Gasteiger partial charge in [0.25, 0.3) is 0 Å². The lowest BCUT2D eigenvalue weighted by atomic mass is 10.2. The number of nitrogens with zero attached hydrogens (tertiary/aromatic N) is 2. The van der Waals surface area contributed by atoms with Crippen LogP contribution in [-0.2, 0) is 0 Å². The van der Waals surface area contributed by atoms with Crippen LogP contribution in [0, 0.1) is 0 Å². The zero-order valence-electron chi connectivity index (χ0n) is 12.3. The standard InChI is InChI=1S/C14H25N3OS/c1-5-9-18-14-12(15)7-8-13(16-14)17(3)11(6-2)10-19-4/h7-8,11H,5-6,9-10,15H2,1-4H3. The van der Waals surface area contributed by atoms with Gasteiger partial charge in [-0.2, -0.15) is 16.7 Å². The summed E-state index contributed by atoms with van der Waals surface area (Å²) in [6.07, 6.45) is 4.17. The first-order chi connectivity index (χ1) is 9.13. The molecule has 0 spiro atoms. The minimum absolute atomic E-state index is 0.477. The summed E-state index contributed by atoms with van der Waals surface area (Å²) < 4.78 is 5.58. The Labute approximate surface area is 120 Å². The Morgan fingerprint density at radius 2 is 2.16 bits per heavy atom. The van der Waals surface area contributed by atoms with Gasteiger partial charge in [-0.3, -0.25) is 0 Å². The Kier molecular flexibility index (Phi) is 6.84. The van der Waals surface area contributed by atoms with Gasteiger partial charge >= 0.3 is 0 Å². The monoisotopic (exact) mass is 283 g/mol. The second kappa shape index (κ2) is 8.15. The molecule has 1 aromatic rings. The van der Waals surface area contributed by atoms with Gasteiger partial charge in [-0.05, 0) is 31.2 Å². The lowest BCUT2D eigenvalue weighted by Crippen LogP contribution is -2.33. The molecule has 4 nitrogen and oxygen atoms in total. The van der Waals surface area contributed by atoms with E-state index >= 15 is 0 Å². The maximum Gasteiger partial charge on any atom is 0.239 e. The predicted molar refractivity (Wildman–Crippen MR) is 85.3 cm³/mol. The number of anilines is 2. The normalized spacial score (nSPS) is 12.2. The third kappa shape index (κ3) is 4.49. The molecule has 1 rings (SSSR count). The van der Waals surface area contributed by atoms with E-state index in [9.17, 15) is 0 Å². The zero-order chi connectivity index (χ0) is 14.3. The summed E-state index contributed by atoms with van der Waals surface area (Å²) in [5, 5.41) is 0. The van der Waals surface area contributed by atoms with Crippen LogP contribution in [0.4, 0.5) is 11.5 Å². The van der Waals surface area contributed by atoms with Gasteiger partial charge in [-0.15, -0.1) is 0 Å². The minimum Gasteiger partial charge on any atom is -0.476 e. The van der Waals surface area contributed by atoms with E-state index in [0.29, 0.717) is 24.2 Å². The van der Waals surface area contributed by atoms with Gasteiger partial charge in [0.1, 0.15) is 5.82 Å². The van der Waals surface area contributed by atoms with Crippen LogP contribution in [0.2, 0.25) is 0 Å². The van der Waals surface area contributed by atoms with Crippen molar-refractivity contribution in [2.75, 3.05) is 36.3 Å². The van der Waals surface area contributed by atoms with Gasteiger partial charge in [-0.25, -0.2) is 0 Å². The van der Waals surface area contributed by atoms with E-state index in [1.165, 1.54) is 0 Å². The molecule has 1 aromatic heterocycles. The minimum atomic E-state index is 0.477. The largest absolute Gasteiger partial charge is 0.476 e. The average Bonchev–Trinajstić information content (AvgIpc) is 2.43. The molecule has 0 saturated carbocycles. The van der Waals surface area contributed by atoms with Crippen LogP contribution in [0.5, 0.6) is 5.88 Å². The summed E-state index contributed by atoms with van der Waals surface area (Å²) in [5.41, 5.74) is 6.49. The summed E-state index contributed by atoms with van der Waals surface area (Å²) in [5.74, 6) is 2.55. The van der Waals surface area contributed by atoms with Crippen LogP contribution in [0.25, 0.3) is 0 Å². The van der Waals surface area contributed by atoms with E-state index in [-0.39, 0.29) is 0 Å². The van der Waals surface area contributed by atoms with Gasteiger partial charge in [-0.1, -0.05) is 13.8 Å². The maximum atomic E-state index is 5.89. The van der Waals surface area contributed by atoms with E-state index in [4.69, 9.17) is 10.5 Å². The highest BCUT2D eigenvalue weighted by atomic mass is 32.2. The molecule has 108 valence electrons. The number of rotatable bonds is 8. The van der Waals surface area contributed by atoms with Crippen molar-refractivity contribution >= 4 is 23.3 Å². The number of nitrogens with two attached hydrogens (primary N) is 1. The number of aromatic nitrogens is 1. The van der Waals surface area contributed by atoms with Gasteiger partial charge in [0.05, 0.1) is 12.3 Å². The Morgan fingerprint density at radius 1 is 1.42 bits per heavy atom. The van der Waals surface area contributed by atoms with Crippen molar-refractivity contribution in [3.05, 3.63) is 12.1 Å². The summed E-state index contributed by atoms with van der Waals surface area (Å²) in [6, 6.07) is 4.30. The first-order valence-electron chi connectivity index (χ1n) is 6.75. The number of hydrogen-bond donors (Lipinski definition) is 1. The quantitative estimate of drug-likeness (QED) is 0.794. The molecule has 1 unspecified atom stereocenters. The predicted octanol–water partition coefficient (Wildman–Crippen LogP) is 3.03. The summed E-state index contributed by atoms with van der Waals surface area (Å²) in [6.45, 7) is 4.91. The summed E-state index contributed by atoms with van der Waals surface area (Å²) >= 11 is 1.85. The van der Waals surface area contributed by atoms with Crippen molar-refractivity contribution in [1.82, 2.24) is 4.98 Å². The Morgan fingerprint density at radius 3 is 2.74 bits per heavy atom. The van der Waals surface area contributed by atoms with Crippen molar-refractivity contribution in [3.8, 4) is 5.88 Å². The number of nitrogen functional groups attached to an aromatic ring is 1. The van der Waals surface area contributed by atoms with Crippen LogP contribution in [0.15, 0.2) is 12.1 Å². The second-order valence-electron chi connectivity index (χ2n) is 4.54. The molecule has 0 radical (unpaired) electrons. The highest BCUT2D eigenvalue weighted by Crippen LogP contribution is 2.24. The number of ether oxygens (including phenoxy) is 1. The van der Waals surface area contributed by atoms with Crippen LogP contribution >= 0.6 is 11.8 Å². The lowest BCUT2D eigenvalue weighted by Gasteiger charge is -2.28. The van der Waals surface area contributed by atoms with Gasteiger partial charge < -0.3 is 15.4 Å². The fraction of sp³-hybridized carbons (Fsp3) is 0.643. The molecule has 5 heteroatoms. The van der Waals surface area contributed by atoms with Crippen molar-refractivity contribution < 1.29 is 4.74 Å². The third-order valence-electron chi connectivity index (χ3n) is 3.06. The van der Waals surface area contributed by atoms with Crippen LogP contribution in [0.1, 0.15) is 26.7 Å². The smallest absolute Gasteiger partial charge is 0.239 e. The molecule has 0 aromatic carbocycles. The van der Waals surface area contributed by atoms with Crippen molar-refractivity contribution in [1.29, 1.82) is 0 Å². The summed E-state index contributed by atoms with van der Waals surface area (Å²) in [4.78, 5) is 6.73. The number of pyridine rings is 1. The fourth-order valence-corrected chi connectivity index (χ4v) is 2.68. The molecule has 0 aliphatic heterocycles. The number of hydrogen-bond acceptors (Lipinski definition) is 5. The molecule has 0 amide bonds. The van der Waals surface area contributed by atoms with Crippen LogP contribution in [0.3, 0.4) is 0 Å². The molecule has 0 bridgehead atoms. The molecule has 1 atom stereocenters. The van der Waals surface area contributed by atoms with Crippen LogP contribution in [-0.4, -0.2) is 36.7 Å². The highest BCUT2D eigenvalue weighted by molar-refractivity contribution is 7.98. The lowest BCUT2D eigenvalue weighted by molar-refractivity contribution is 0.307. The molecule has 19 heavy (non-hydrogen) atoms. The maximum absolute atomic E-state index is 5.89. The van der Waals surface area contributed by atoms with Gasteiger partial charge in [0, 0.05) is 18.8 Å². The Hall–Kier alpha value is -1.10. The molecular formula is C14H25N3OS. The van der Waals surface area contributed by atoms with Gasteiger partial charge in [0.2, 0.25) is 5.88 Å². The second-order valence-corrected chi connectivity index (χ2v) is 5.45. The van der Waals surface area contributed by atoms with Gasteiger partial charge in [0.15, 0.2) is 0 Å². The van der Waals surface area contributed by atoms with Crippen molar-refractivity contribution in [3.63, 3.8) is 0 Å². The fourth-order valence-electron chi connectivity index (χ4n) is 1.84. The van der Waals surface area contributed by atoms with E-state index in [0.717, 1.165) is 24.4 Å². The van der Waals surface area contributed by atoms with Crippen LogP contribution < -0.4 is 15.4 Å². The molecule has 0 aliphatic carbocycles. The molecule has 1 heterocycles.